The molecule has 1 aromatic heterocycles. The van der Waals surface area contributed by atoms with Crippen molar-refractivity contribution in [3.05, 3.63) is 11.9 Å². The van der Waals surface area contributed by atoms with Gasteiger partial charge in [0.15, 0.2) is 0 Å². The molecule has 0 N–H and O–H groups in total. The lowest BCUT2D eigenvalue weighted by atomic mass is 10.2. The summed E-state index contributed by atoms with van der Waals surface area (Å²) in [6, 6.07) is 0. The Kier molecular flexibility index (Phi) is 6.96. The second kappa shape index (κ2) is 7.67. The minimum Gasteiger partial charge on any atom is -0.481 e. The zero-order valence-corrected chi connectivity index (χ0v) is 13.6. The van der Waals surface area contributed by atoms with Crippen molar-refractivity contribution in [2.24, 2.45) is 0 Å². The first-order valence-corrected chi connectivity index (χ1v) is 6.58. The average Bonchev–Trinajstić information content (AvgIpc) is 2.38. The highest BCUT2D eigenvalue weighted by atomic mass is 16.6. The van der Waals surface area contributed by atoms with E-state index in [0.717, 1.165) is 0 Å². The number of nitrogens with zero attached hydrogens (tertiary/aromatic N) is 3. The predicted molar refractivity (Wildman–Crippen MR) is 79.3 cm³/mol. The number of methoxy groups -OCH3 is 1. The van der Waals surface area contributed by atoms with E-state index in [9.17, 15) is 4.79 Å². The molecule has 0 fully saturated rings. The topological polar surface area (TPSA) is 64.6 Å². The summed E-state index contributed by atoms with van der Waals surface area (Å²) in [6.45, 7) is 11.2. The second-order valence-corrected chi connectivity index (χ2v) is 4.87. The van der Waals surface area contributed by atoms with Gasteiger partial charge in [-0.25, -0.2) is 14.8 Å². The number of amides is 1. The molecule has 1 heterocycles. The largest absolute Gasteiger partial charge is 0.481 e. The highest BCUT2D eigenvalue weighted by Gasteiger charge is 2.23. The van der Waals surface area contributed by atoms with Crippen molar-refractivity contribution in [3.8, 4) is 5.88 Å². The zero-order valence-electron chi connectivity index (χ0n) is 13.6. The summed E-state index contributed by atoms with van der Waals surface area (Å²) in [5, 5.41) is 0. The predicted octanol–water partition coefficient (Wildman–Crippen LogP) is 3.19. The SMILES string of the molecule is CC.COc1ncnc(N(C)C(=O)OC(C)(C)C)c1C. The van der Waals surface area contributed by atoms with Crippen LogP contribution in [0, 0.1) is 6.92 Å². The minimum absolute atomic E-state index is 0.440. The normalized spacial score (nSPS) is 10.2. The van der Waals surface area contributed by atoms with Crippen molar-refractivity contribution in [2.75, 3.05) is 19.1 Å². The summed E-state index contributed by atoms with van der Waals surface area (Å²) < 4.78 is 10.4. The van der Waals surface area contributed by atoms with E-state index in [1.54, 1.807) is 14.0 Å². The van der Waals surface area contributed by atoms with E-state index in [2.05, 4.69) is 9.97 Å². The fourth-order valence-corrected chi connectivity index (χ4v) is 1.39. The Morgan fingerprint density at radius 1 is 1.25 bits per heavy atom. The van der Waals surface area contributed by atoms with Crippen LogP contribution in [0.1, 0.15) is 40.2 Å². The molecule has 0 atom stereocenters. The van der Waals surface area contributed by atoms with Gasteiger partial charge in [-0.3, -0.25) is 4.90 Å². The van der Waals surface area contributed by atoms with Gasteiger partial charge in [0, 0.05) is 7.05 Å². The summed E-state index contributed by atoms with van der Waals surface area (Å²) in [4.78, 5) is 21.3. The van der Waals surface area contributed by atoms with Crippen molar-refractivity contribution in [3.63, 3.8) is 0 Å². The van der Waals surface area contributed by atoms with Gasteiger partial charge in [-0.15, -0.1) is 0 Å². The van der Waals surface area contributed by atoms with Crippen molar-refractivity contribution in [1.82, 2.24) is 9.97 Å². The molecule has 20 heavy (non-hydrogen) atoms. The molecule has 0 aliphatic carbocycles. The molecule has 1 amide bonds. The van der Waals surface area contributed by atoms with Gasteiger partial charge in [-0.2, -0.15) is 0 Å². The van der Waals surface area contributed by atoms with E-state index in [0.29, 0.717) is 17.3 Å². The Labute approximate surface area is 121 Å². The van der Waals surface area contributed by atoms with E-state index in [1.165, 1.54) is 18.3 Å². The van der Waals surface area contributed by atoms with Gasteiger partial charge in [-0.1, -0.05) is 13.8 Å². The maximum atomic E-state index is 11.9. The summed E-state index contributed by atoms with van der Waals surface area (Å²) in [7, 11) is 3.12. The molecule has 0 saturated heterocycles. The first-order valence-electron chi connectivity index (χ1n) is 6.58. The second-order valence-electron chi connectivity index (χ2n) is 4.87. The summed E-state index contributed by atoms with van der Waals surface area (Å²) >= 11 is 0. The molecule has 1 aromatic rings. The number of carbonyl (C=O) groups is 1. The van der Waals surface area contributed by atoms with Crippen LogP contribution in [-0.4, -0.2) is 35.8 Å². The molecule has 0 unspecified atom stereocenters. The van der Waals surface area contributed by atoms with Gasteiger partial charge < -0.3 is 9.47 Å². The van der Waals surface area contributed by atoms with E-state index >= 15 is 0 Å². The Bertz CT molecular complexity index is 442. The fraction of sp³-hybridized carbons (Fsp3) is 0.643. The number of ether oxygens (including phenoxy) is 2. The molecule has 0 aliphatic heterocycles. The number of hydrogen-bond donors (Lipinski definition) is 0. The summed E-state index contributed by atoms with van der Waals surface area (Å²) in [5.74, 6) is 0.909. The van der Waals surface area contributed by atoms with Gasteiger partial charge >= 0.3 is 6.09 Å². The highest BCUT2D eigenvalue weighted by Crippen LogP contribution is 2.23. The lowest BCUT2D eigenvalue weighted by Crippen LogP contribution is -2.35. The maximum Gasteiger partial charge on any atom is 0.415 e. The molecule has 114 valence electrons. The molecule has 0 aliphatic rings. The van der Waals surface area contributed by atoms with E-state index in [-0.39, 0.29) is 0 Å². The number of hydrogen-bond acceptors (Lipinski definition) is 5. The Morgan fingerprint density at radius 3 is 2.25 bits per heavy atom. The quantitative estimate of drug-likeness (QED) is 0.834. The summed E-state index contributed by atoms with van der Waals surface area (Å²) in [5.41, 5.74) is 0.143. The van der Waals surface area contributed by atoms with Crippen LogP contribution in [0.5, 0.6) is 5.88 Å². The molecule has 0 bridgehead atoms. The van der Waals surface area contributed by atoms with Crippen molar-refractivity contribution < 1.29 is 14.3 Å². The molecular formula is C14H25N3O3. The lowest BCUT2D eigenvalue weighted by Gasteiger charge is -2.24. The van der Waals surface area contributed by atoms with E-state index < -0.39 is 11.7 Å². The van der Waals surface area contributed by atoms with Crippen molar-refractivity contribution >= 4 is 11.9 Å². The minimum atomic E-state index is -0.545. The molecular weight excluding hydrogens is 258 g/mol. The van der Waals surface area contributed by atoms with E-state index in [1.807, 2.05) is 34.6 Å². The van der Waals surface area contributed by atoms with Crippen LogP contribution >= 0.6 is 0 Å². The average molecular weight is 283 g/mol. The van der Waals surface area contributed by atoms with Crippen LogP contribution in [0.25, 0.3) is 0 Å². The molecule has 6 heteroatoms. The van der Waals surface area contributed by atoms with E-state index in [4.69, 9.17) is 9.47 Å². The van der Waals surface area contributed by atoms with Crippen LogP contribution in [-0.2, 0) is 4.74 Å². The van der Waals surface area contributed by atoms with Gasteiger partial charge in [0.05, 0.1) is 12.7 Å². The first kappa shape index (κ1) is 18.1. The smallest absolute Gasteiger partial charge is 0.415 e. The van der Waals surface area contributed by atoms with Crippen molar-refractivity contribution in [2.45, 2.75) is 47.1 Å². The molecule has 0 spiro atoms. The zero-order chi connectivity index (χ0) is 15.9. The van der Waals surface area contributed by atoms with Crippen molar-refractivity contribution in [1.29, 1.82) is 0 Å². The van der Waals surface area contributed by atoms with Crippen LogP contribution in [0.15, 0.2) is 6.33 Å². The highest BCUT2D eigenvalue weighted by molar-refractivity contribution is 5.87. The molecule has 0 saturated carbocycles. The molecule has 0 aromatic carbocycles. The van der Waals surface area contributed by atoms with Crippen LogP contribution in [0.4, 0.5) is 10.6 Å². The van der Waals surface area contributed by atoms with Crippen LogP contribution in [0.3, 0.4) is 0 Å². The molecule has 0 radical (unpaired) electrons. The van der Waals surface area contributed by atoms with Gasteiger partial charge in [0.25, 0.3) is 0 Å². The maximum absolute atomic E-state index is 11.9. The summed E-state index contributed by atoms with van der Waals surface area (Å²) in [6.07, 6.45) is 0.883. The first-order chi connectivity index (χ1) is 9.26. The fourth-order valence-electron chi connectivity index (χ4n) is 1.39. The Balaban J connectivity index is 0.00000172. The Morgan fingerprint density at radius 2 is 1.80 bits per heavy atom. The van der Waals surface area contributed by atoms with Crippen LogP contribution < -0.4 is 9.64 Å². The third-order valence-corrected chi connectivity index (χ3v) is 2.19. The monoisotopic (exact) mass is 283 g/mol. The third kappa shape index (κ3) is 5.03. The van der Waals surface area contributed by atoms with Gasteiger partial charge in [0.2, 0.25) is 5.88 Å². The molecule has 6 nitrogen and oxygen atoms in total. The van der Waals surface area contributed by atoms with Gasteiger partial charge in [-0.05, 0) is 27.7 Å². The molecule has 1 rings (SSSR count). The lowest BCUT2D eigenvalue weighted by molar-refractivity contribution is 0.0588. The number of anilines is 1. The number of carbonyl (C=O) groups excluding carboxylic acids is 1. The number of rotatable bonds is 2. The third-order valence-electron chi connectivity index (χ3n) is 2.19. The van der Waals surface area contributed by atoms with Gasteiger partial charge in [0.1, 0.15) is 17.7 Å². The Hall–Kier alpha value is -1.85. The number of aromatic nitrogens is 2. The van der Waals surface area contributed by atoms with Crippen LogP contribution in [0.2, 0.25) is 0 Å². The standard InChI is InChI=1S/C12H19N3O3.C2H6/c1-8-9(13-7-14-10(8)17-6)15(5)11(16)18-12(2,3)4;1-2/h7H,1-6H3;1-2H3.